The molecule has 1 amide bonds. The SMILES string of the molecule is CC(C)c1cc(Cl)cc(C(C)C)c1NSc1cc2c(o1)C1CCC(C1)C2(C)O.NC=O. The summed E-state index contributed by atoms with van der Waals surface area (Å²) < 4.78 is 9.78. The van der Waals surface area contributed by atoms with E-state index < -0.39 is 5.60 Å². The van der Waals surface area contributed by atoms with E-state index in [0.717, 1.165) is 46.4 Å². The molecule has 2 aliphatic rings. The zero-order valence-corrected chi connectivity index (χ0v) is 20.4. The second-order valence-corrected chi connectivity index (χ2v) is 10.6. The first-order valence-corrected chi connectivity index (χ1v) is 12.1. The maximum Gasteiger partial charge on any atom is 0.204 e. The summed E-state index contributed by atoms with van der Waals surface area (Å²) in [6, 6.07) is 6.15. The average molecular weight is 465 g/mol. The van der Waals surface area contributed by atoms with Gasteiger partial charge in [0.2, 0.25) is 6.41 Å². The number of carbonyl (C=O) groups is 1. The van der Waals surface area contributed by atoms with Gasteiger partial charge in [0.1, 0.15) is 5.76 Å². The number of fused-ring (bicyclic) bond motifs is 4. The summed E-state index contributed by atoms with van der Waals surface area (Å²) in [6.45, 7) is 10.7. The molecule has 1 aromatic heterocycles. The molecule has 0 spiro atoms. The van der Waals surface area contributed by atoms with Crippen LogP contribution in [0.1, 0.15) is 94.1 Å². The Morgan fingerprint density at radius 2 is 1.81 bits per heavy atom. The molecule has 0 radical (unpaired) electrons. The number of benzene rings is 1. The fourth-order valence-electron chi connectivity index (χ4n) is 4.86. The fourth-order valence-corrected chi connectivity index (χ4v) is 5.84. The van der Waals surface area contributed by atoms with Crippen molar-refractivity contribution in [3.8, 4) is 0 Å². The molecule has 170 valence electrons. The standard InChI is InChI=1S/C23H30ClNO2S.CH3NO/c1-12(2)17-9-16(24)10-18(13(3)4)21(17)25-28-20-11-19-22(27-20)14-6-7-15(8-14)23(19,5)26;2-1-3/h9-15,25-26H,6-8H2,1-5H3;1H,(H2,2,3). The largest absolute Gasteiger partial charge is 0.452 e. The first-order chi connectivity index (χ1) is 14.6. The van der Waals surface area contributed by atoms with E-state index in [4.69, 9.17) is 20.8 Å². The molecule has 1 saturated carbocycles. The number of hydrogen-bond donors (Lipinski definition) is 3. The number of anilines is 1. The Labute approximate surface area is 194 Å². The van der Waals surface area contributed by atoms with Crippen LogP contribution in [-0.2, 0) is 10.4 Å². The third-order valence-electron chi connectivity index (χ3n) is 6.54. The lowest BCUT2D eigenvalue weighted by Crippen LogP contribution is -2.33. The first-order valence-electron chi connectivity index (χ1n) is 10.9. The van der Waals surface area contributed by atoms with Crippen LogP contribution in [0.4, 0.5) is 5.69 Å². The van der Waals surface area contributed by atoms with Gasteiger partial charge in [0.15, 0.2) is 5.09 Å². The molecule has 7 heteroatoms. The van der Waals surface area contributed by atoms with Crippen LogP contribution in [0.3, 0.4) is 0 Å². The van der Waals surface area contributed by atoms with Crippen molar-refractivity contribution in [3.05, 3.63) is 45.7 Å². The van der Waals surface area contributed by atoms with Crippen LogP contribution in [0.25, 0.3) is 0 Å². The molecular weight excluding hydrogens is 432 g/mol. The maximum absolute atomic E-state index is 11.1. The van der Waals surface area contributed by atoms with Gasteiger partial charge in [-0.25, -0.2) is 0 Å². The molecule has 3 atom stereocenters. The molecule has 1 aromatic carbocycles. The van der Waals surface area contributed by atoms with Gasteiger partial charge in [-0.05, 0) is 73.3 Å². The molecule has 2 bridgehead atoms. The predicted octanol–water partition coefficient (Wildman–Crippen LogP) is 6.51. The highest BCUT2D eigenvalue weighted by Gasteiger charge is 2.48. The number of aliphatic hydroxyl groups is 1. The minimum absolute atomic E-state index is 0.250. The van der Waals surface area contributed by atoms with Crippen molar-refractivity contribution >= 4 is 35.6 Å². The second-order valence-electron chi connectivity index (χ2n) is 9.31. The summed E-state index contributed by atoms with van der Waals surface area (Å²) in [5.41, 5.74) is 7.93. The smallest absolute Gasteiger partial charge is 0.204 e. The number of halogens is 1. The molecule has 31 heavy (non-hydrogen) atoms. The Kier molecular flexibility index (Phi) is 7.34. The Morgan fingerprint density at radius 3 is 2.35 bits per heavy atom. The van der Waals surface area contributed by atoms with Gasteiger partial charge < -0.3 is 20.0 Å². The van der Waals surface area contributed by atoms with E-state index in [1.807, 2.05) is 13.0 Å². The summed E-state index contributed by atoms with van der Waals surface area (Å²) >= 11 is 7.88. The molecule has 4 N–H and O–H groups in total. The van der Waals surface area contributed by atoms with E-state index in [0.29, 0.717) is 23.7 Å². The van der Waals surface area contributed by atoms with Gasteiger partial charge in [0, 0.05) is 28.5 Å². The zero-order valence-electron chi connectivity index (χ0n) is 18.9. The van der Waals surface area contributed by atoms with Crippen molar-refractivity contribution in [1.29, 1.82) is 0 Å². The third kappa shape index (κ3) is 4.76. The summed E-state index contributed by atoms with van der Waals surface area (Å²) in [5, 5.41) is 12.7. The highest BCUT2D eigenvalue weighted by atomic mass is 35.5. The molecule has 1 heterocycles. The number of carbonyl (C=O) groups excluding carboxylic acids is 1. The molecule has 2 aromatic rings. The van der Waals surface area contributed by atoms with Crippen molar-refractivity contribution in [2.45, 2.75) is 82.3 Å². The highest BCUT2D eigenvalue weighted by molar-refractivity contribution is 8.00. The lowest BCUT2D eigenvalue weighted by atomic mass is 9.76. The van der Waals surface area contributed by atoms with Gasteiger partial charge >= 0.3 is 0 Å². The monoisotopic (exact) mass is 464 g/mol. The molecule has 5 nitrogen and oxygen atoms in total. The minimum Gasteiger partial charge on any atom is -0.452 e. The number of hydrogen-bond acceptors (Lipinski definition) is 5. The van der Waals surface area contributed by atoms with E-state index in [-0.39, 0.29) is 6.41 Å². The zero-order chi connectivity index (χ0) is 22.9. The number of nitrogens with one attached hydrogen (secondary N) is 1. The van der Waals surface area contributed by atoms with Gasteiger partial charge in [0.25, 0.3) is 0 Å². The maximum atomic E-state index is 11.1. The Morgan fingerprint density at radius 1 is 1.23 bits per heavy atom. The molecule has 0 aliphatic heterocycles. The quantitative estimate of drug-likeness (QED) is 0.347. The van der Waals surface area contributed by atoms with E-state index >= 15 is 0 Å². The van der Waals surface area contributed by atoms with Gasteiger partial charge in [-0.15, -0.1) is 0 Å². The Hall–Kier alpha value is -1.63. The normalized spacial score (nSPS) is 24.0. The molecule has 0 saturated heterocycles. The topological polar surface area (TPSA) is 88.5 Å². The molecule has 3 unspecified atom stereocenters. The average Bonchev–Trinajstić information content (AvgIpc) is 3.32. The van der Waals surface area contributed by atoms with Crippen LogP contribution in [0.5, 0.6) is 0 Å². The Bertz CT molecular complexity index is 910. The van der Waals surface area contributed by atoms with Crippen molar-refractivity contribution in [3.63, 3.8) is 0 Å². The van der Waals surface area contributed by atoms with Crippen LogP contribution < -0.4 is 10.5 Å². The van der Waals surface area contributed by atoms with Gasteiger partial charge in [-0.3, -0.25) is 4.79 Å². The van der Waals surface area contributed by atoms with E-state index in [1.165, 1.54) is 23.1 Å². The van der Waals surface area contributed by atoms with Gasteiger partial charge in [-0.1, -0.05) is 39.3 Å². The highest BCUT2D eigenvalue weighted by Crippen LogP contribution is 2.55. The van der Waals surface area contributed by atoms with E-state index in [2.05, 4.69) is 50.3 Å². The van der Waals surface area contributed by atoms with Crippen molar-refractivity contribution < 1.29 is 14.3 Å². The van der Waals surface area contributed by atoms with Crippen molar-refractivity contribution in [2.75, 3.05) is 4.72 Å². The number of nitrogens with two attached hydrogens (primary N) is 1. The molecule has 4 rings (SSSR count). The predicted molar refractivity (Wildman–Crippen MR) is 128 cm³/mol. The van der Waals surface area contributed by atoms with Crippen LogP contribution in [0.2, 0.25) is 5.02 Å². The minimum atomic E-state index is -0.781. The van der Waals surface area contributed by atoms with Crippen LogP contribution in [-0.4, -0.2) is 11.5 Å². The second kappa shape index (κ2) is 9.47. The lowest BCUT2D eigenvalue weighted by Gasteiger charge is -2.33. The number of rotatable bonds is 5. The molecule has 1 fully saturated rings. The summed E-state index contributed by atoms with van der Waals surface area (Å²) in [6.07, 6.45) is 3.49. The third-order valence-corrected chi connectivity index (χ3v) is 7.47. The number of amides is 1. The van der Waals surface area contributed by atoms with E-state index in [1.54, 1.807) is 0 Å². The van der Waals surface area contributed by atoms with Crippen molar-refractivity contribution in [2.24, 2.45) is 11.7 Å². The fraction of sp³-hybridized carbons (Fsp3) is 0.542. The van der Waals surface area contributed by atoms with E-state index in [9.17, 15) is 5.11 Å². The molecule has 2 aliphatic carbocycles. The van der Waals surface area contributed by atoms with Crippen LogP contribution in [0, 0.1) is 5.92 Å². The van der Waals surface area contributed by atoms with Crippen LogP contribution >= 0.6 is 23.5 Å². The summed E-state index contributed by atoms with van der Waals surface area (Å²) in [5.74, 6) is 2.53. The van der Waals surface area contributed by atoms with Gasteiger partial charge in [0.05, 0.1) is 11.3 Å². The van der Waals surface area contributed by atoms with Gasteiger partial charge in [-0.2, -0.15) is 0 Å². The molecular formula is C24H33ClN2O3S. The van der Waals surface area contributed by atoms with Crippen molar-refractivity contribution in [1.82, 2.24) is 0 Å². The summed E-state index contributed by atoms with van der Waals surface area (Å²) in [4.78, 5) is 8.58. The lowest BCUT2D eigenvalue weighted by molar-refractivity contribution is -0.106. The summed E-state index contributed by atoms with van der Waals surface area (Å²) in [7, 11) is 0. The Balaban J connectivity index is 0.000000858. The number of primary amides is 1. The first kappa shape index (κ1) is 24.0. The number of furan rings is 1. The van der Waals surface area contributed by atoms with Crippen LogP contribution in [0.15, 0.2) is 27.7 Å².